The van der Waals surface area contributed by atoms with E-state index in [9.17, 15) is 13.2 Å². The minimum Gasteiger partial charge on any atom is -0.493 e. The Morgan fingerprint density at radius 3 is 2.55 bits per heavy atom. The van der Waals surface area contributed by atoms with Gasteiger partial charge in [0.15, 0.2) is 0 Å². The summed E-state index contributed by atoms with van der Waals surface area (Å²) in [5, 5.41) is 0. The Kier molecular flexibility index (Phi) is 7.36. The summed E-state index contributed by atoms with van der Waals surface area (Å²) in [7, 11) is -3.67. The van der Waals surface area contributed by atoms with E-state index in [0.29, 0.717) is 44.2 Å². The van der Waals surface area contributed by atoms with Gasteiger partial charge >= 0.3 is 0 Å². The first-order valence-corrected chi connectivity index (χ1v) is 12.9. The molecule has 0 unspecified atom stereocenters. The van der Waals surface area contributed by atoms with Crippen LogP contribution in [0.15, 0.2) is 59.5 Å². The summed E-state index contributed by atoms with van der Waals surface area (Å²) in [6.45, 7) is 5.07. The van der Waals surface area contributed by atoms with Crippen molar-refractivity contribution in [3.63, 3.8) is 0 Å². The van der Waals surface area contributed by atoms with Crippen LogP contribution < -0.4 is 4.74 Å². The Bertz CT molecular complexity index is 1050. The molecule has 8 heteroatoms. The zero-order valence-corrected chi connectivity index (χ0v) is 19.9. The Balaban J connectivity index is 1.57. The van der Waals surface area contributed by atoms with Crippen molar-refractivity contribution < 1.29 is 22.7 Å². The first-order valence-electron chi connectivity index (χ1n) is 11.5. The molecule has 0 spiro atoms. The van der Waals surface area contributed by atoms with Gasteiger partial charge < -0.3 is 14.4 Å². The number of rotatable bonds is 7. The van der Waals surface area contributed by atoms with Crippen LogP contribution in [-0.4, -0.2) is 69.5 Å². The molecule has 33 heavy (non-hydrogen) atoms. The zero-order chi connectivity index (χ0) is 23.3. The van der Waals surface area contributed by atoms with Crippen LogP contribution in [0.2, 0.25) is 0 Å². The molecule has 7 nitrogen and oxygen atoms in total. The lowest BCUT2D eigenvalue weighted by atomic mass is 9.78. The van der Waals surface area contributed by atoms with Crippen LogP contribution in [0.5, 0.6) is 5.75 Å². The minimum atomic E-state index is -3.67. The molecule has 2 saturated heterocycles. The number of nitrogens with zero attached hydrogens (tertiary/aromatic N) is 2. The van der Waals surface area contributed by atoms with E-state index in [2.05, 4.69) is 0 Å². The summed E-state index contributed by atoms with van der Waals surface area (Å²) in [6, 6.07) is 16.5. The Labute approximate surface area is 196 Å². The molecule has 0 aromatic heterocycles. The number of carbonyl (C=O) groups excluding carboxylic acids is 1. The van der Waals surface area contributed by atoms with Gasteiger partial charge in [0, 0.05) is 38.0 Å². The molecule has 0 bridgehead atoms. The number of hydrogen-bond donors (Lipinski definition) is 0. The van der Waals surface area contributed by atoms with E-state index in [1.54, 1.807) is 18.2 Å². The monoisotopic (exact) mass is 472 g/mol. The molecular formula is C25H32N2O5S. The van der Waals surface area contributed by atoms with Crippen LogP contribution in [0.4, 0.5) is 0 Å². The molecule has 2 aliphatic rings. The standard InChI is InChI=1S/C25H32N2O5S/c1-21-7-5-10-23(17-21)33(29,30)27-12-6-11-25(19-27,20-32-22-8-3-2-4-9-22)18-24(28)26-13-15-31-16-14-26/h2-5,7-10,17H,6,11-16,18-20H2,1H3/t25-/m0/s1. The van der Waals surface area contributed by atoms with Gasteiger partial charge in [-0.1, -0.05) is 30.3 Å². The van der Waals surface area contributed by atoms with E-state index in [0.717, 1.165) is 17.7 Å². The van der Waals surface area contributed by atoms with Crippen molar-refractivity contribution in [1.82, 2.24) is 9.21 Å². The first kappa shape index (κ1) is 23.7. The Morgan fingerprint density at radius 1 is 1.06 bits per heavy atom. The summed E-state index contributed by atoms with van der Waals surface area (Å²) in [4.78, 5) is 15.3. The van der Waals surface area contributed by atoms with Crippen LogP contribution in [0, 0.1) is 12.3 Å². The Hall–Kier alpha value is -2.42. The fourth-order valence-electron chi connectivity index (χ4n) is 4.60. The number of para-hydroxylation sites is 1. The number of carbonyl (C=O) groups is 1. The van der Waals surface area contributed by atoms with Crippen LogP contribution in [0.25, 0.3) is 0 Å². The molecule has 0 radical (unpaired) electrons. The van der Waals surface area contributed by atoms with E-state index in [1.807, 2.05) is 48.2 Å². The maximum Gasteiger partial charge on any atom is 0.243 e. The molecule has 0 aliphatic carbocycles. The van der Waals surface area contributed by atoms with E-state index in [1.165, 1.54) is 4.31 Å². The molecule has 178 valence electrons. The van der Waals surface area contributed by atoms with Gasteiger partial charge in [0.05, 0.1) is 24.7 Å². The lowest BCUT2D eigenvalue weighted by Gasteiger charge is -2.42. The van der Waals surface area contributed by atoms with Crippen molar-refractivity contribution in [2.75, 3.05) is 46.0 Å². The summed E-state index contributed by atoms with van der Waals surface area (Å²) in [6.07, 6.45) is 1.66. The maximum absolute atomic E-state index is 13.5. The van der Waals surface area contributed by atoms with Gasteiger partial charge in [0.25, 0.3) is 0 Å². The lowest BCUT2D eigenvalue weighted by molar-refractivity contribution is -0.139. The van der Waals surface area contributed by atoms with Gasteiger partial charge in [-0.3, -0.25) is 4.79 Å². The zero-order valence-electron chi connectivity index (χ0n) is 19.1. The van der Waals surface area contributed by atoms with E-state index < -0.39 is 15.4 Å². The molecule has 2 fully saturated rings. The quantitative estimate of drug-likeness (QED) is 0.619. The molecule has 2 aromatic rings. The summed E-state index contributed by atoms with van der Waals surface area (Å²) in [5.74, 6) is 0.749. The third-order valence-corrected chi connectivity index (χ3v) is 8.27. The van der Waals surface area contributed by atoms with Crippen molar-refractivity contribution in [1.29, 1.82) is 0 Å². The average molecular weight is 473 g/mol. The van der Waals surface area contributed by atoms with Crippen molar-refractivity contribution in [3.8, 4) is 5.75 Å². The van der Waals surface area contributed by atoms with Gasteiger partial charge in [-0.05, 0) is 49.6 Å². The largest absolute Gasteiger partial charge is 0.493 e. The number of aryl methyl sites for hydroxylation is 1. The fourth-order valence-corrected chi connectivity index (χ4v) is 6.30. The van der Waals surface area contributed by atoms with Gasteiger partial charge in [0.1, 0.15) is 5.75 Å². The van der Waals surface area contributed by atoms with Crippen LogP contribution >= 0.6 is 0 Å². The van der Waals surface area contributed by atoms with Crippen molar-refractivity contribution in [2.24, 2.45) is 5.41 Å². The van der Waals surface area contributed by atoms with E-state index in [4.69, 9.17) is 9.47 Å². The van der Waals surface area contributed by atoms with Crippen LogP contribution in [-0.2, 0) is 19.6 Å². The van der Waals surface area contributed by atoms with Crippen LogP contribution in [0.3, 0.4) is 0 Å². The Morgan fingerprint density at radius 2 is 1.82 bits per heavy atom. The van der Waals surface area contributed by atoms with E-state index >= 15 is 0 Å². The van der Waals surface area contributed by atoms with Crippen LogP contribution in [0.1, 0.15) is 24.8 Å². The van der Waals surface area contributed by atoms with Gasteiger partial charge in [-0.15, -0.1) is 0 Å². The van der Waals surface area contributed by atoms with Gasteiger partial charge in [-0.25, -0.2) is 8.42 Å². The molecule has 2 aliphatic heterocycles. The predicted molar refractivity (Wildman–Crippen MR) is 126 cm³/mol. The molecule has 1 atom stereocenters. The number of ether oxygens (including phenoxy) is 2. The number of amides is 1. The second kappa shape index (κ2) is 10.2. The molecule has 1 amide bonds. The third kappa shape index (κ3) is 5.75. The SMILES string of the molecule is Cc1cccc(S(=O)(=O)N2CCC[C@](COc3ccccc3)(CC(=O)N3CCOCC3)C2)c1. The topological polar surface area (TPSA) is 76.2 Å². The smallest absolute Gasteiger partial charge is 0.243 e. The highest BCUT2D eigenvalue weighted by atomic mass is 32.2. The predicted octanol–water partition coefficient (Wildman–Crippen LogP) is 3.09. The molecule has 2 aromatic carbocycles. The second-order valence-corrected chi connectivity index (χ2v) is 11.0. The summed E-state index contributed by atoms with van der Waals surface area (Å²) >= 11 is 0. The molecular weight excluding hydrogens is 440 g/mol. The van der Waals surface area contributed by atoms with Gasteiger partial charge in [-0.2, -0.15) is 4.31 Å². The first-order chi connectivity index (χ1) is 15.9. The lowest BCUT2D eigenvalue weighted by Crippen LogP contribution is -2.51. The molecule has 0 saturated carbocycles. The summed E-state index contributed by atoms with van der Waals surface area (Å²) < 4.78 is 39.9. The van der Waals surface area contributed by atoms with Crippen molar-refractivity contribution in [3.05, 3.63) is 60.2 Å². The second-order valence-electron chi connectivity index (χ2n) is 9.03. The minimum absolute atomic E-state index is 0.0322. The normalized spacial score (nSPS) is 22.2. The highest BCUT2D eigenvalue weighted by molar-refractivity contribution is 7.89. The van der Waals surface area contributed by atoms with Crippen molar-refractivity contribution >= 4 is 15.9 Å². The number of hydrogen-bond acceptors (Lipinski definition) is 5. The molecule has 2 heterocycles. The molecule has 0 N–H and O–H groups in total. The fraction of sp³-hybridized carbons (Fsp3) is 0.480. The average Bonchev–Trinajstić information content (AvgIpc) is 2.84. The van der Waals surface area contributed by atoms with Crippen molar-refractivity contribution in [2.45, 2.75) is 31.1 Å². The highest BCUT2D eigenvalue weighted by Gasteiger charge is 2.43. The van der Waals surface area contributed by atoms with E-state index in [-0.39, 0.29) is 25.5 Å². The maximum atomic E-state index is 13.5. The van der Waals surface area contributed by atoms with Gasteiger partial charge in [0.2, 0.25) is 15.9 Å². The summed E-state index contributed by atoms with van der Waals surface area (Å²) in [5.41, 5.74) is 0.301. The highest BCUT2D eigenvalue weighted by Crippen LogP contribution is 2.37. The number of sulfonamides is 1. The number of morpholine rings is 1. The molecule has 4 rings (SSSR count). The number of benzene rings is 2. The third-order valence-electron chi connectivity index (χ3n) is 6.43. The number of piperidine rings is 1.